The molecule has 0 aliphatic carbocycles. The van der Waals surface area contributed by atoms with E-state index in [-0.39, 0.29) is 0 Å². The van der Waals surface area contributed by atoms with E-state index >= 15 is 0 Å². The second-order valence-electron chi connectivity index (χ2n) is 1.26. The summed E-state index contributed by atoms with van der Waals surface area (Å²) >= 11 is 0. The highest BCUT2D eigenvalue weighted by atomic mass is 16.5. The van der Waals surface area contributed by atoms with E-state index in [1.807, 2.05) is 0 Å². The molecule has 1 aromatic rings. The first-order valence-electron chi connectivity index (χ1n) is 2.26. The fourth-order valence-corrected chi connectivity index (χ4v) is 0.405. The van der Waals surface area contributed by atoms with E-state index in [1.165, 1.54) is 6.26 Å². The van der Waals surface area contributed by atoms with E-state index in [0.29, 0.717) is 5.82 Å². The van der Waals surface area contributed by atoms with Crippen molar-refractivity contribution < 1.29 is 4.52 Å². The van der Waals surface area contributed by atoms with Crippen LogP contribution < -0.4 is 10.9 Å². The maximum absolute atomic E-state index is 4.51. The van der Waals surface area contributed by atoms with Gasteiger partial charge in [0.15, 0.2) is 5.82 Å². The molecule has 0 aliphatic heterocycles. The number of hydrazine groups is 1. The van der Waals surface area contributed by atoms with Gasteiger partial charge in [0.2, 0.25) is 0 Å². The van der Waals surface area contributed by atoms with Gasteiger partial charge in [-0.2, -0.15) is 0 Å². The van der Waals surface area contributed by atoms with Gasteiger partial charge in [0.05, 0.1) is 0 Å². The summed E-state index contributed by atoms with van der Waals surface area (Å²) in [6.45, 7) is 0. The zero-order valence-corrected chi connectivity index (χ0v) is 4.51. The highest BCUT2D eigenvalue weighted by Crippen LogP contribution is 1.96. The maximum atomic E-state index is 4.51. The fraction of sp³-hybridized carbons (Fsp3) is 0.250. The van der Waals surface area contributed by atoms with Gasteiger partial charge >= 0.3 is 0 Å². The summed E-state index contributed by atoms with van der Waals surface area (Å²) in [6.07, 6.45) is 1.50. The summed E-state index contributed by atoms with van der Waals surface area (Å²) in [5.41, 5.74) is 5.43. The minimum Gasteiger partial charge on any atom is -0.363 e. The van der Waals surface area contributed by atoms with Crippen LogP contribution in [0.1, 0.15) is 0 Å². The van der Waals surface area contributed by atoms with Crippen LogP contribution in [0.4, 0.5) is 5.82 Å². The summed E-state index contributed by atoms with van der Waals surface area (Å²) < 4.78 is 4.51. The molecule has 0 aromatic carbocycles. The molecular formula is C4H7N3O. The first kappa shape index (κ1) is 5.11. The molecule has 4 nitrogen and oxygen atoms in total. The Morgan fingerprint density at radius 2 is 2.62 bits per heavy atom. The van der Waals surface area contributed by atoms with Crippen LogP contribution in [0.2, 0.25) is 0 Å². The quantitative estimate of drug-likeness (QED) is 0.539. The number of rotatable bonds is 2. The van der Waals surface area contributed by atoms with Gasteiger partial charge in [-0.05, 0) is 0 Å². The van der Waals surface area contributed by atoms with Gasteiger partial charge in [0.1, 0.15) is 6.26 Å². The third-order valence-corrected chi connectivity index (χ3v) is 0.691. The molecule has 1 heterocycles. The Morgan fingerprint density at radius 3 is 3.12 bits per heavy atom. The predicted octanol–water partition coefficient (Wildman–Crippen LogP) is 0.221. The van der Waals surface area contributed by atoms with Gasteiger partial charge < -0.3 is 9.95 Å². The van der Waals surface area contributed by atoms with Gasteiger partial charge in [-0.25, -0.2) is 5.43 Å². The number of nitrogens with one attached hydrogen (secondary N) is 2. The summed E-state index contributed by atoms with van der Waals surface area (Å²) in [5.74, 6) is 0.688. The molecule has 0 radical (unpaired) electrons. The van der Waals surface area contributed by atoms with Crippen LogP contribution in [0.25, 0.3) is 0 Å². The predicted molar refractivity (Wildman–Crippen MR) is 29.2 cm³/mol. The largest absolute Gasteiger partial charge is 0.363 e. The zero-order chi connectivity index (χ0) is 5.82. The Balaban J connectivity index is 2.50. The average Bonchev–Trinajstić information content (AvgIpc) is 2.19. The monoisotopic (exact) mass is 113 g/mol. The van der Waals surface area contributed by atoms with Crippen LogP contribution in [-0.4, -0.2) is 12.2 Å². The first-order chi connectivity index (χ1) is 3.93. The number of hydrogen-bond acceptors (Lipinski definition) is 4. The second kappa shape index (κ2) is 2.32. The van der Waals surface area contributed by atoms with Crippen LogP contribution >= 0.6 is 0 Å². The van der Waals surface area contributed by atoms with Crippen molar-refractivity contribution in [2.24, 2.45) is 0 Å². The minimum atomic E-state index is 0.688. The average molecular weight is 113 g/mol. The molecule has 0 unspecified atom stereocenters. The SMILES string of the molecule is CNNc1ccon1. The molecular weight excluding hydrogens is 106 g/mol. The molecule has 8 heavy (non-hydrogen) atoms. The van der Waals surface area contributed by atoms with E-state index in [2.05, 4.69) is 20.5 Å². The lowest BCUT2D eigenvalue weighted by molar-refractivity contribution is 0.422. The Bertz CT molecular complexity index is 137. The topological polar surface area (TPSA) is 50.1 Å². The molecule has 0 saturated carbocycles. The molecule has 0 amide bonds. The van der Waals surface area contributed by atoms with Crippen molar-refractivity contribution in [1.29, 1.82) is 0 Å². The van der Waals surface area contributed by atoms with Crippen molar-refractivity contribution in [3.63, 3.8) is 0 Å². The lowest BCUT2D eigenvalue weighted by Crippen LogP contribution is -2.14. The molecule has 2 N–H and O–H groups in total. The molecule has 1 aromatic heterocycles. The van der Waals surface area contributed by atoms with Crippen LogP contribution in [0, 0.1) is 0 Å². The van der Waals surface area contributed by atoms with Gasteiger partial charge in [0.25, 0.3) is 0 Å². The summed E-state index contributed by atoms with van der Waals surface area (Å²) in [5, 5.41) is 3.56. The fourth-order valence-electron chi connectivity index (χ4n) is 0.405. The van der Waals surface area contributed by atoms with E-state index in [4.69, 9.17) is 0 Å². The van der Waals surface area contributed by atoms with Crippen LogP contribution in [0.3, 0.4) is 0 Å². The standard InChI is InChI=1S/C4H7N3O/c1-5-6-4-2-3-8-7-4/h2-3,5H,1H3,(H,6,7). The number of aromatic nitrogens is 1. The van der Waals surface area contributed by atoms with E-state index in [1.54, 1.807) is 13.1 Å². The normalized spacial score (nSPS) is 9.12. The Morgan fingerprint density at radius 1 is 1.75 bits per heavy atom. The molecule has 0 aliphatic rings. The maximum Gasteiger partial charge on any atom is 0.183 e. The minimum absolute atomic E-state index is 0.688. The highest BCUT2D eigenvalue weighted by Gasteiger charge is 1.87. The molecule has 44 valence electrons. The highest BCUT2D eigenvalue weighted by molar-refractivity contribution is 5.28. The van der Waals surface area contributed by atoms with Crippen molar-refractivity contribution in [1.82, 2.24) is 10.6 Å². The van der Waals surface area contributed by atoms with Crippen molar-refractivity contribution in [2.45, 2.75) is 0 Å². The Labute approximate surface area is 46.8 Å². The van der Waals surface area contributed by atoms with Gasteiger partial charge in [-0.1, -0.05) is 5.16 Å². The lowest BCUT2D eigenvalue weighted by atomic mass is 10.7. The summed E-state index contributed by atoms with van der Waals surface area (Å²) in [7, 11) is 1.76. The van der Waals surface area contributed by atoms with Gasteiger partial charge in [0, 0.05) is 13.1 Å². The molecule has 1 rings (SSSR count). The molecule has 0 atom stereocenters. The van der Waals surface area contributed by atoms with Crippen LogP contribution in [0.5, 0.6) is 0 Å². The zero-order valence-electron chi connectivity index (χ0n) is 4.51. The van der Waals surface area contributed by atoms with Gasteiger partial charge in [-0.15, -0.1) is 0 Å². The van der Waals surface area contributed by atoms with Gasteiger partial charge in [-0.3, -0.25) is 0 Å². The number of hydrogen-bond donors (Lipinski definition) is 2. The van der Waals surface area contributed by atoms with Crippen LogP contribution in [-0.2, 0) is 0 Å². The van der Waals surface area contributed by atoms with E-state index < -0.39 is 0 Å². The lowest BCUT2D eigenvalue weighted by Gasteiger charge is -1.93. The third-order valence-electron chi connectivity index (χ3n) is 0.691. The Hall–Kier alpha value is -1.03. The van der Waals surface area contributed by atoms with E-state index in [9.17, 15) is 0 Å². The van der Waals surface area contributed by atoms with Crippen LogP contribution in [0.15, 0.2) is 16.9 Å². The Kier molecular flexibility index (Phi) is 1.48. The molecule has 0 spiro atoms. The van der Waals surface area contributed by atoms with Crippen molar-refractivity contribution in [2.75, 3.05) is 12.5 Å². The molecule has 0 saturated heterocycles. The first-order valence-corrected chi connectivity index (χ1v) is 2.26. The third kappa shape index (κ3) is 0.974. The smallest absolute Gasteiger partial charge is 0.183 e. The number of nitrogens with zero attached hydrogens (tertiary/aromatic N) is 1. The van der Waals surface area contributed by atoms with E-state index in [0.717, 1.165) is 0 Å². The summed E-state index contributed by atoms with van der Waals surface area (Å²) in [6, 6.07) is 1.72. The number of anilines is 1. The molecule has 0 fully saturated rings. The summed E-state index contributed by atoms with van der Waals surface area (Å²) in [4.78, 5) is 0. The second-order valence-corrected chi connectivity index (χ2v) is 1.26. The molecule has 4 heteroatoms. The van der Waals surface area contributed by atoms with Crippen molar-refractivity contribution >= 4 is 5.82 Å². The van der Waals surface area contributed by atoms with Crippen molar-refractivity contribution in [3.8, 4) is 0 Å². The van der Waals surface area contributed by atoms with Crippen molar-refractivity contribution in [3.05, 3.63) is 12.3 Å². The molecule has 0 bridgehead atoms.